The van der Waals surface area contributed by atoms with Crippen molar-refractivity contribution in [2.24, 2.45) is 0 Å². The minimum absolute atomic E-state index is 0.0282. The molecule has 0 heterocycles. The topological polar surface area (TPSA) is 104 Å². The van der Waals surface area contributed by atoms with E-state index in [-0.39, 0.29) is 15.5 Å². The number of hydrogen-bond acceptors (Lipinski definition) is 5. The Balaban J connectivity index is 1.87. The Labute approximate surface area is 217 Å². The number of benzene rings is 3. The highest BCUT2D eigenvalue weighted by Crippen LogP contribution is 2.28. The van der Waals surface area contributed by atoms with Crippen LogP contribution in [0.4, 0.5) is 11.4 Å². The fraction of sp³-hybridized carbons (Fsp3) is 0.240. The minimum Gasteiger partial charge on any atom is -0.325 e. The molecular weight excluding hydrogens is 522 g/mol. The number of nitrogens with one attached hydrogen (secondary N) is 1. The van der Waals surface area contributed by atoms with Gasteiger partial charge in [0.2, 0.25) is 15.9 Å². The van der Waals surface area contributed by atoms with Gasteiger partial charge in [0.15, 0.2) is 0 Å². The number of halogens is 1. The summed E-state index contributed by atoms with van der Waals surface area (Å²) in [5, 5.41) is 3.01. The molecule has 0 atom stereocenters. The highest BCUT2D eigenvalue weighted by Gasteiger charge is 2.28. The van der Waals surface area contributed by atoms with Crippen LogP contribution in [0, 0.1) is 6.92 Å². The van der Waals surface area contributed by atoms with Crippen LogP contribution in [0.15, 0.2) is 82.6 Å². The Kier molecular flexibility index (Phi) is 8.78. The second kappa shape index (κ2) is 11.4. The molecule has 36 heavy (non-hydrogen) atoms. The molecule has 0 aliphatic carbocycles. The number of amides is 1. The molecule has 0 aliphatic heterocycles. The number of rotatable bonds is 10. The maximum absolute atomic E-state index is 13.4. The van der Waals surface area contributed by atoms with E-state index in [2.05, 4.69) is 5.32 Å². The van der Waals surface area contributed by atoms with Gasteiger partial charge in [0.05, 0.1) is 15.5 Å². The predicted molar refractivity (Wildman–Crippen MR) is 142 cm³/mol. The molecule has 0 aliphatic rings. The molecule has 0 saturated carbocycles. The van der Waals surface area contributed by atoms with E-state index in [0.29, 0.717) is 23.8 Å². The highest BCUT2D eigenvalue weighted by atomic mass is 35.5. The predicted octanol–water partition coefficient (Wildman–Crippen LogP) is 4.51. The van der Waals surface area contributed by atoms with Crippen LogP contribution in [0.1, 0.15) is 19.4 Å². The average Bonchev–Trinajstić information content (AvgIpc) is 2.85. The van der Waals surface area contributed by atoms with Gasteiger partial charge in [-0.15, -0.1) is 0 Å². The van der Waals surface area contributed by atoms with Crippen molar-refractivity contribution in [2.75, 3.05) is 29.3 Å². The molecule has 1 amide bonds. The number of carbonyl (C=O) groups excluding carboxylic acids is 1. The van der Waals surface area contributed by atoms with Gasteiger partial charge in [0, 0.05) is 23.8 Å². The summed E-state index contributed by atoms with van der Waals surface area (Å²) in [5.74, 6) is -0.606. The van der Waals surface area contributed by atoms with Gasteiger partial charge in [-0.2, -0.15) is 4.31 Å². The van der Waals surface area contributed by atoms with Crippen molar-refractivity contribution in [2.45, 2.75) is 30.6 Å². The van der Waals surface area contributed by atoms with Gasteiger partial charge in [-0.05, 0) is 61.0 Å². The lowest BCUT2D eigenvalue weighted by molar-refractivity contribution is -0.114. The summed E-state index contributed by atoms with van der Waals surface area (Å²) >= 11 is 6.24. The first-order chi connectivity index (χ1) is 17.0. The summed E-state index contributed by atoms with van der Waals surface area (Å²) in [4.78, 5) is 13.1. The van der Waals surface area contributed by atoms with Gasteiger partial charge < -0.3 is 5.32 Å². The molecule has 0 radical (unpaired) electrons. The third-order valence-corrected chi connectivity index (χ3v) is 9.80. The molecule has 0 saturated heterocycles. The largest absolute Gasteiger partial charge is 0.325 e. The molecule has 0 unspecified atom stereocenters. The van der Waals surface area contributed by atoms with Crippen LogP contribution in [0.25, 0.3) is 0 Å². The minimum atomic E-state index is -4.08. The zero-order valence-electron chi connectivity index (χ0n) is 20.2. The summed E-state index contributed by atoms with van der Waals surface area (Å²) in [6, 6.07) is 18.3. The van der Waals surface area contributed by atoms with E-state index in [4.69, 9.17) is 11.6 Å². The van der Waals surface area contributed by atoms with Crippen molar-refractivity contribution in [3.8, 4) is 0 Å². The summed E-state index contributed by atoms with van der Waals surface area (Å²) in [6.45, 7) is 5.46. The van der Waals surface area contributed by atoms with Gasteiger partial charge in [0.25, 0.3) is 10.0 Å². The molecule has 3 rings (SSSR count). The first-order valence-electron chi connectivity index (χ1n) is 11.2. The zero-order valence-corrected chi connectivity index (χ0v) is 22.6. The summed E-state index contributed by atoms with van der Waals surface area (Å²) in [6.07, 6.45) is 0. The Morgan fingerprint density at radius 3 is 1.97 bits per heavy atom. The second-order valence-corrected chi connectivity index (χ2v) is 12.1. The van der Waals surface area contributed by atoms with E-state index in [1.54, 1.807) is 51.1 Å². The molecule has 1 N–H and O–H groups in total. The van der Waals surface area contributed by atoms with Gasteiger partial charge in [0.1, 0.15) is 6.54 Å². The van der Waals surface area contributed by atoms with Gasteiger partial charge in [-0.3, -0.25) is 9.10 Å². The van der Waals surface area contributed by atoms with Crippen LogP contribution < -0.4 is 9.62 Å². The molecule has 3 aromatic rings. The van der Waals surface area contributed by atoms with Crippen molar-refractivity contribution in [3.63, 3.8) is 0 Å². The maximum Gasteiger partial charge on any atom is 0.264 e. The molecule has 192 valence electrons. The van der Waals surface area contributed by atoms with E-state index in [1.165, 1.54) is 46.8 Å². The van der Waals surface area contributed by atoms with Crippen LogP contribution >= 0.6 is 11.6 Å². The van der Waals surface area contributed by atoms with Crippen LogP contribution in [-0.2, 0) is 24.8 Å². The molecule has 8 nitrogen and oxygen atoms in total. The van der Waals surface area contributed by atoms with Gasteiger partial charge >= 0.3 is 0 Å². The zero-order chi connectivity index (χ0) is 26.5. The Morgan fingerprint density at radius 2 is 1.42 bits per heavy atom. The molecule has 3 aromatic carbocycles. The number of carbonyl (C=O) groups is 1. The summed E-state index contributed by atoms with van der Waals surface area (Å²) < 4.78 is 54.5. The van der Waals surface area contributed by atoms with Crippen molar-refractivity contribution in [1.29, 1.82) is 0 Å². The quantitative estimate of drug-likeness (QED) is 0.400. The maximum atomic E-state index is 13.4. The third-order valence-electron chi connectivity index (χ3n) is 5.54. The van der Waals surface area contributed by atoms with E-state index in [1.807, 2.05) is 0 Å². The lowest BCUT2D eigenvalue weighted by Crippen LogP contribution is -2.38. The highest BCUT2D eigenvalue weighted by molar-refractivity contribution is 7.92. The second-order valence-electron chi connectivity index (χ2n) is 7.92. The fourth-order valence-corrected chi connectivity index (χ4v) is 6.59. The van der Waals surface area contributed by atoms with E-state index in [0.717, 1.165) is 9.87 Å². The third kappa shape index (κ3) is 6.07. The van der Waals surface area contributed by atoms with Crippen molar-refractivity contribution >= 4 is 48.9 Å². The molecular formula is C25H28ClN3O5S2. The smallest absolute Gasteiger partial charge is 0.264 e. The fourth-order valence-electron chi connectivity index (χ4n) is 3.53. The molecule has 0 aromatic heterocycles. The number of sulfonamides is 2. The monoisotopic (exact) mass is 549 g/mol. The van der Waals surface area contributed by atoms with E-state index in [9.17, 15) is 21.6 Å². The van der Waals surface area contributed by atoms with Crippen LogP contribution in [0.3, 0.4) is 0 Å². The number of aryl methyl sites for hydroxylation is 1. The molecule has 0 fully saturated rings. The molecule has 0 bridgehead atoms. The summed E-state index contributed by atoms with van der Waals surface area (Å²) in [5.41, 5.74) is 1.34. The standard InChI is InChI=1S/C25H28ClN3O5S2/c1-4-28(5-2)35(31,32)23-15-12-20(13-16-23)27-25(30)18-29(21-14-11-19(3)24(26)17-21)36(33,34)22-9-7-6-8-10-22/h6-17H,4-5,18H2,1-3H3,(H,27,30). The van der Waals surface area contributed by atoms with Crippen molar-refractivity contribution in [3.05, 3.63) is 83.4 Å². The van der Waals surface area contributed by atoms with Gasteiger partial charge in [-0.1, -0.05) is 49.7 Å². The van der Waals surface area contributed by atoms with Gasteiger partial charge in [-0.25, -0.2) is 16.8 Å². The Hall–Kier alpha value is -2.92. The van der Waals surface area contributed by atoms with Crippen molar-refractivity contribution < 1.29 is 21.6 Å². The number of anilines is 2. The average molecular weight is 550 g/mol. The normalized spacial score (nSPS) is 11.9. The number of nitrogens with zero attached hydrogens (tertiary/aromatic N) is 2. The molecule has 11 heteroatoms. The van der Waals surface area contributed by atoms with Crippen LogP contribution in [-0.4, -0.2) is 46.7 Å². The van der Waals surface area contributed by atoms with Crippen LogP contribution in [0.2, 0.25) is 5.02 Å². The summed E-state index contributed by atoms with van der Waals surface area (Å²) in [7, 11) is -7.72. The Bertz CT molecular complexity index is 1420. The first-order valence-corrected chi connectivity index (χ1v) is 14.5. The first kappa shape index (κ1) is 27.7. The lowest BCUT2D eigenvalue weighted by Gasteiger charge is -2.24. The SMILES string of the molecule is CCN(CC)S(=O)(=O)c1ccc(NC(=O)CN(c2ccc(C)c(Cl)c2)S(=O)(=O)c2ccccc2)cc1. The van der Waals surface area contributed by atoms with Crippen LogP contribution in [0.5, 0.6) is 0 Å². The van der Waals surface area contributed by atoms with Crippen molar-refractivity contribution in [1.82, 2.24) is 4.31 Å². The van der Waals surface area contributed by atoms with E-state index < -0.39 is 32.5 Å². The Morgan fingerprint density at radius 1 is 0.833 bits per heavy atom. The number of hydrogen-bond donors (Lipinski definition) is 1. The molecule has 0 spiro atoms. The lowest BCUT2D eigenvalue weighted by atomic mass is 10.2. The van der Waals surface area contributed by atoms with E-state index >= 15 is 0 Å².